The van der Waals surface area contributed by atoms with Crippen molar-refractivity contribution in [1.29, 1.82) is 0 Å². The standard InChI is InChI=1S/C22H21Cl2N3O3/c1-29-11-3-10-27-21(14-6-9-16(23)17(24)12-14)18-19(25-26-20(18)22(27)28)13-4-7-15(30-2)8-5-13/h4-9,12,21H,3,10-11H2,1-2H3,(H,25,26). The number of hydrogen-bond acceptors (Lipinski definition) is 4. The molecular weight excluding hydrogens is 425 g/mol. The van der Waals surface area contributed by atoms with Crippen LogP contribution in [0.1, 0.15) is 34.1 Å². The van der Waals surface area contributed by atoms with E-state index in [9.17, 15) is 4.79 Å². The number of H-pyrrole nitrogens is 1. The lowest BCUT2D eigenvalue weighted by Crippen LogP contribution is -2.31. The van der Waals surface area contributed by atoms with Gasteiger partial charge in [-0.3, -0.25) is 9.89 Å². The number of methoxy groups -OCH3 is 2. The van der Waals surface area contributed by atoms with Crippen molar-refractivity contribution < 1.29 is 14.3 Å². The molecule has 0 radical (unpaired) electrons. The number of nitrogens with zero attached hydrogens (tertiary/aromatic N) is 2. The largest absolute Gasteiger partial charge is 0.497 e. The Balaban J connectivity index is 1.81. The summed E-state index contributed by atoms with van der Waals surface area (Å²) in [4.78, 5) is 15.0. The van der Waals surface area contributed by atoms with Gasteiger partial charge in [0.2, 0.25) is 0 Å². The Kier molecular flexibility index (Phi) is 5.99. The van der Waals surface area contributed by atoms with E-state index in [2.05, 4.69) is 10.2 Å². The molecule has 1 amide bonds. The van der Waals surface area contributed by atoms with Gasteiger partial charge in [0.1, 0.15) is 11.4 Å². The molecule has 3 aromatic rings. The van der Waals surface area contributed by atoms with Crippen LogP contribution in [0.3, 0.4) is 0 Å². The molecule has 0 saturated heterocycles. The molecule has 4 rings (SSSR count). The monoisotopic (exact) mass is 445 g/mol. The minimum absolute atomic E-state index is 0.0931. The summed E-state index contributed by atoms with van der Waals surface area (Å²) < 4.78 is 10.4. The van der Waals surface area contributed by atoms with Crippen LogP contribution in [0.15, 0.2) is 42.5 Å². The van der Waals surface area contributed by atoms with Crippen LogP contribution in [0.25, 0.3) is 11.3 Å². The van der Waals surface area contributed by atoms with Crippen molar-refractivity contribution in [2.45, 2.75) is 12.5 Å². The second kappa shape index (κ2) is 8.68. The number of halogens is 2. The van der Waals surface area contributed by atoms with E-state index in [1.165, 1.54) is 0 Å². The molecule has 8 heteroatoms. The number of nitrogens with one attached hydrogen (secondary N) is 1. The highest BCUT2D eigenvalue weighted by atomic mass is 35.5. The third-order valence-corrected chi connectivity index (χ3v) is 5.97. The van der Waals surface area contributed by atoms with Crippen molar-refractivity contribution >= 4 is 29.1 Å². The van der Waals surface area contributed by atoms with E-state index in [0.29, 0.717) is 28.9 Å². The van der Waals surface area contributed by atoms with E-state index in [-0.39, 0.29) is 11.9 Å². The molecule has 1 unspecified atom stereocenters. The first kappa shape index (κ1) is 20.7. The highest BCUT2D eigenvalue weighted by Crippen LogP contribution is 2.44. The Labute approximate surface area is 184 Å². The third-order valence-electron chi connectivity index (χ3n) is 5.23. The van der Waals surface area contributed by atoms with Gasteiger partial charge >= 0.3 is 0 Å². The maximum Gasteiger partial charge on any atom is 0.273 e. The average Bonchev–Trinajstić information content (AvgIpc) is 3.30. The molecule has 2 heterocycles. The molecule has 0 saturated carbocycles. The number of benzene rings is 2. The van der Waals surface area contributed by atoms with Gasteiger partial charge in [0.05, 0.1) is 28.9 Å². The van der Waals surface area contributed by atoms with Gasteiger partial charge in [0.15, 0.2) is 0 Å². The van der Waals surface area contributed by atoms with Crippen LogP contribution in [-0.4, -0.2) is 48.4 Å². The zero-order chi connectivity index (χ0) is 21.3. The van der Waals surface area contributed by atoms with Crippen molar-refractivity contribution in [3.05, 3.63) is 69.3 Å². The maximum absolute atomic E-state index is 13.2. The molecule has 1 aromatic heterocycles. The number of fused-ring (bicyclic) bond motifs is 1. The van der Waals surface area contributed by atoms with Gasteiger partial charge in [0, 0.05) is 31.4 Å². The normalized spacial score (nSPS) is 15.5. The summed E-state index contributed by atoms with van der Waals surface area (Å²) >= 11 is 12.4. The highest BCUT2D eigenvalue weighted by Gasteiger charge is 2.42. The molecule has 1 aliphatic heterocycles. The van der Waals surface area contributed by atoms with Gasteiger partial charge in [0.25, 0.3) is 5.91 Å². The second-order valence-electron chi connectivity index (χ2n) is 7.01. The lowest BCUT2D eigenvalue weighted by atomic mass is 9.96. The Morgan fingerprint density at radius 3 is 2.53 bits per heavy atom. The Hall–Kier alpha value is -2.54. The van der Waals surface area contributed by atoms with Gasteiger partial charge in [-0.1, -0.05) is 29.3 Å². The van der Waals surface area contributed by atoms with Gasteiger partial charge in [-0.2, -0.15) is 5.10 Å². The van der Waals surface area contributed by atoms with E-state index in [1.807, 2.05) is 41.3 Å². The minimum atomic E-state index is -0.324. The molecule has 156 valence electrons. The van der Waals surface area contributed by atoms with Crippen LogP contribution in [0.2, 0.25) is 10.0 Å². The maximum atomic E-state index is 13.2. The molecule has 6 nitrogen and oxygen atoms in total. The summed E-state index contributed by atoms with van der Waals surface area (Å²) in [5.41, 5.74) is 3.83. The molecule has 1 atom stereocenters. The predicted molar refractivity (Wildman–Crippen MR) is 116 cm³/mol. The van der Waals surface area contributed by atoms with E-state index in [1.54, 1.807) is 20.3 Å². The molecule has 0 fully saturated rings. The van der Waals surface area contributed by atoms with Gasteiger partial charge in [-0.05, 0) is 48.4 Å². The van der Waals surface area contributed by atoms with Crippen LogP contribution >= 0.6 is 23.2 Å². The van der Waals surface area contributed by atoms with Crippen LogP contribution in [0.5, 0.6) is 5.75 Å². The molecule has 1 aliphatic rings. The molecule has 1 N–H and O–H groups in total. The highest BCUT2D eigenvalue weighted by molar-refractivity contribution is 6.42. The molecule has 0 aliphatic carbocycles. The smallest absolute Gasteiger partial charge is 0.273 e. The van der Waals surface area contributed by atoms with Crippen molar-refractivity contribution in [1.82, 2.24) is 15.1 Å². The zero-order valence-corrected chi connectivity index (χ0v) is 18.1. The van der Waals surface area contributed by atoms with Crippen LogP contribution in [-0.2, 0) is 4.74 Å². The van der Waals surface area contributed by atoms with E-state index >= 15 is 0 Å². The van der Waals surface area contributed by atoms with Crippen LogP contribution < -0.4 is 4.74 Å². The van der Waals surface area contributed by atoms with Crippen LogP contribution in [0.4, 0.5) is 0 Å². The summed E-state index contributed by atoms with van der Waals surface area (Å²) in [5, 5.41) is 8.33. The minimum Gasteiger partial charge on any atom is -0.497 e. The Morgan fingerprint density at radius 2 is 1.87 bits per heavy atom. The molecule has 2 aromatic carbocycles. The number of carbonyl (C=O) groups excluding carboxylic acids is 1. The lowest BCUT2D eigenvalue weighted by molar-refractivity contribution is 0.0723. The fourth-order valence-electron chi connectivity index (χ4n) is 3.80. The van der Waals surface area contributed by atoms with Gasteiger partial charge < -0.3 is 14.4 Å². The first-order valence-electron chi connectivity index (χ1n) is 9.52. The SMILES string of the molecule is COCCCN1C(=O)c2[nH]nc(-c3ccc(OC)cc3)c2C1c1ccc(Cl)c(Cl)c1. The third kappa shape index (κ3) is 3.67. The number of ether oxygens (including phenoxy) is 2. The number of amides is 1. The molecular formula is C22H21Cl2N3O3. The zero-order valence-electron chi connectivity index (χ0n) is 16.6. The lowest BCUT2D eigenvalue weighted by Gasteiger charge is -2.26. The Morgan fingerprint density at radius 1 is 1.10 bits per heavy atom. The van der Waals surface area contributed by atoms with Crippen molar-refractivity contribution in [2.24, 2.45) is 0 Å². The summed E-state index contributed by atoms with van der Waals surface area (Å²) in [6.45, 7) is 1.11. The summed E-state index contributed by atoms with van der Waals surface area (Å²) in [6.07, 6.45) is 0.718. The fourth-order valence-corrected chi connectivity index (χ4v) is 4.11. The summed E-state index contributed by atoms with van der Waals surface area (Å²) in [7, 11) is 3.27. The summed E-state index contributed by atoms with van der Waals surface area (Å²) in [5.74, 6) is 0.661. The number of aromatic amines is 1. The number of hydrogen-bond donors (Lipinski definition) is 1. The number of carbonyl (C=O) groups is 1. The van der Waals surface area contributed by atoms with E-state index in [0.717, 1.165) is 34.6 Å². The van der Waals surface area contributed by atoms with Crippen molar-refractivity contribution in [2.75, 3.05) is 27.4 Å². The predicted octanol–water partition coefficient (Wildman–Crippen LogP) is 4.97. The molecule has 0 bridgehead atoms. The van der Waals surface area contributed by atoms with Crippen molar-refractivity contribution in [3.8, 4) is 17.0 Å². The van der Waals surface area contributed by atoms with E-state index in [4.69, 9.17) is 32.7 Å². The summed E-state index contributed by atoms with van der Waals surface area (Å²) in [6, 6.07) is 12.7. The molecule has 0 spiro atoms. The topological polar surface area (TPSA) is 67.5 Å². The number of aromatic nitrogens is 2. The molecule has 30 heavy (non-hydrogen) atoms. The van der Waals surface area contributed by atoms with E-state index < -0.39 is 0 Å². The number of rotatable bonds is 7. The van der Waals surface area contributed by atoms with Crippen molar-refractivity contribution in [3.63, 3.8) is 0 Å². The first-order valence-corrected chi connectivity index (χ1v) is 10.3. The quantitative estimate of drug-likeness (QED) is 0.521. The van der Waals surface area contributed by atoms with Crippen LogP contribution in [0, 0.1) is 0 Å². The fraction of sp³-hybridized carbons (Fsp3) is 0.273. The Bertz CT molecular complexity index is 1070. The second-order valence-corrected chi connectivity index (χ2v) is 7.82. The van der Waals surface area contributed by atoms with Gasteiger partial charge in [-0.15, -0.1) is 0 Å². The first-order chi connectivity index (χ1) is 14.5. The average molecular weight is 446 g/mol. The van der Waals surface area contributed by atoms with Gasteiger partial charge in [-0.25, -0.2) is 0 Å².